The van der Waals surface area contributed by atoms with Crippen molar-refractivity contribution in [2.45, 2.75) is 11.4 Å². The van der Waals surface area contributed by atoms with Crippen LogP contribution in [0.3, 0.4) is 0 Å². The Morgan fingerprint density at radius 1 is 1.40 bits per heavy atom. The van der Waals surface area contributed by atoms with E-state index < -0.39 is 0 Å². The van der Waals surface area contributed by atoms with Crippen molar-refractivity contribution < 1.29 is 9.53 Å². The molecule has 2 unspecified atom stereocenters. The van der Waals surface area contributed by atoms with Crippen LogP contribution in [0.15, 0.2) is 24.3 Å². The molecule has 2 fully saturated rings. The lowest BCUT2D eigenvalue weighted by Gasteiger charge is -2.32. The number of hydrogen-bond acceptors (Lipinski definition) is 5. The largest absolute Gasteiger partial charge is 0.497 e. The lowest BCUT2D eigenvalue weighted by Crippen LogP contribution is -2.62. The molecule has 2 aliphatic rings. The first-order valence-electron chi connectivity index (χ1n) is 5.85. The molecule has 0 saturated carbocycles. The number of ether oxygens (including phenoxy) is 1. The Morgan fingerprint density at radius 2 is 2.20 bits per heavy atom. The zero-order valence-corrected chi connectivity index (χ0v) is 12.9. The summed E-state index contributed by atoms with van der Waals surface area (Å²) in [6.45, 7) is 0. The van der Waals surface area contributed by atoms with Crippen molar-refractivity contribution in [3.8, 4) is 5.75 Å². The molecule has 2 aliphatic heterocycles. The highest BCUT2D eigenvalue weighted by molar-refractivity contribution is 8.24. The highest BCUT2D eigenvalue weighted by atomic mass is 32.2. The molecule has 3 rings (SSSR count). The van der Waals surface area contributed by atoms with Gasteiger partial charge in [0, 0.05) is 11.8 Å². The molecule has 0 aliphatic carbocycles. The molecule has 5 nitrogen and oxygen atoms in total. The summed E-state index contributed by atoms with van der Waals surface area (Å²) in [5.41, 5.74) is 0.874. The number of carbonyl (C=O) groups is 1. The average Bonchev–Trinajstić information content (AvgIpc) is 2.75. The molecule has 8 heteroatoms. The van der Waals surface area contributed by atoms with Crippen LogP contribution in [0.2, 0.25) is 0 Å². The van der Waals surface area contributed by atoms with Gasteiger partial charge >= 0.3 is 0 Å². The second-order valence-corrected chi connectivity index (χ2v) is 6.47. The molecule has 2 saturated heterocycles. The number of nitrogens with zero attached hydrogens (tertiary/aromatic N) is 1. The van der Waals surface area contributed by atoms with Crippen molar-refractivity contribution in [2.24, 2.45) is 0 Å². The van der Waals surface area contributed by atoms with Gasteiger partial charge in [-0.2, -0.15) is 0 Å². The van der Waals surface area contributed by atoms with Gasteiger partial charge in [0.15, 0.2) is 5.11 Å². The van der Waals surface area contributed by atoms with Gasteiger partial charge in [-0.15, -0.1) is 0 Å². The zero-order valence-electron chi connectivity index (χ0n) is 10.5. The van der Waals surface area contributed by atoms with Crippen molar-refractivity contribution in [3.05, 3.63) is 24.3 Å². The van der Waals surface area contributed by atoms with E-state index in [0.717, 1.165) is 11.4 Å². The number of thiocarbonyl (C=S) groups is 2. The highest BCUT2D eigenvalue weighted by Crippen LogP contribution is 2.37. The van der Waals surface area contributed by atoms with Crippen LogP contribution in [0.1, 0.15) is 0 Å². The Bertz CT molecular complexity index is 607. The number of nitrogens with one attached hydrogen (secondary N) is 2. The number of rotatable bonds is 2. The smallest absolute Gasteiger partial charge is 0.243 e. The number of thioether (sulfide) groups is 1. The van der Waals surface area contributed by atoms with Gasteiger partial charge in [-0.3, -0.25) is 4.79 Å². The molecule has 0 radical (unpaired) electrons. The minimum atomic E-state index is -0.305. The van der Waals surface area contributed by atoms with Gasteiger partial charge in [0.25, 0.3) is 0 Å². The predicted octanol–water partition coefficient (Wildman–Crippen LogP) is 1.23. The molecule has 104 valence electrons. The molecular weight excluding hydrogens is 314 g/mol. The number of amides is 1. The third-order valence-corrected chi connectivity index (χ3v) is 4.92. The molecule has 0 bridgehead atoms. The third kappa shape index (κ3) is 2.23. The van der Waals surface area contributed by atoms with E-state index in [1.807, 2.05) is 29.2 Å². The van der Waals surface area contributed by atoms with Gasteiger partial charge in [-0.25, -0.2) is 0 Å². The first-order chi connectivity index (χ1) is 9.60. The maximum absolute atomic E-state index is 12.0. The molecule has 2 atom stereocenters. The first-order valence-corrected chi connectivity index (χ1v) is 7.55. The normalized spacial score (nSPS) is 25.1. The average molecular weight is 325 g/mol. The molecule has 0 spiro atoms. The van der Waals surface area contributed by atoms with Crippen LogP contribution in [0, 0.1) is 0 Å². The van der Waals surface area contributed by atoms with Crippen molar-refractivity contribution in [1.29, 1.82) is 0 Å². The summed E-state index contributed by atoms with van der Waals surface area (Å²) in [5.74, 6) is 0.623. The van der Waals surface area contributed by atoms with Gasteiger partial charge in [-0.1, -0.05) is 30.0 Å². The predicted molar refractivity (Wildman–Crippen MR) is 87.1 cm³/mol. The summed E-state index contributed by atoms with van der Waals surface area (Å²) in [6.07, 6.45) is -0.263. The lowest BCUT2D eigenvalue weighted by molar-refractivity contribution is -0.120. The van der Waals surface area contributed by atoms with Gasteiger partial charge in [0.1, 0.15) is 21.5 Å². The van der Waals surface area contributed by atoms with Crippen LogP contribution in [-0.2, 0) is 4.79 Å². The molecule has 1 aromatic rings. The van der Waals surface area contributed by atoms with Gasteiger partial charge < -0.3 is 20.3 Å². The summed E-state index contributed by atoms with van der Waals surface area (Å²) in [6, 6.07) is 7.55. The van der Waals surface area contributed by atoms with Gasteiger partial charge in [-0.05, 0) is 24.4 Å². The fraction of sp³-hybridized carbons (Fsp3) is 0.250. The van der Waals surface area contributed by atoms with Gasteiger partial charge in [0.05, 0.1) is 7.11 Å². The Kier molecular flexibility index (Phi) is 3.53. The highest BCUT2D eigenvalue weighted by Gasteiger charge is 2.46. The molecule has 1 amide bonds. The minimum absolute atomic E-state index is 0.114. The van der Waals surface area contributed by atoms with E-state index >= 15 is 0 Å². The molecule has 20 heavy (non-hydrogen) atoms. The van der Waals surface area contributed by atoms with Crippen molar-refractivity contribution in [2.75, 3.05) is 12.0 Å². The summed E-state index contributed by atoms with van der Waals surface area (Å²) < 4.78 is 5.87. The summed E-state index contributed by atoms with van der Waals surface area (Å²) in [4.78, 5) is 13.9. The van der Waals surface area contributed by atoms with E-state index in [0.29, 0.717) is 9.43 Å². The van der Waals surface area contributed by atoms with Crippen LogP contribution in [0.25, 0.3) is 0 Å². The van der Waals surface area contributed by atoms with E-state index in [2.05, 4.69) is 10.6 Å². The van der Waals surface area contributed by atoms with E-state index in [1.165, 1.54) is 11.8 Å². The van der Waals surface area contributed by atoms with Crippen LogP contribution in [0.4, 0.5) is 5.69 Å². The SMILES string of the molecule is COc1cccc(N2C(=S)SC3C(=O)NC(=S)NC32)c1. The second-order valence-electron chi connectivity index (χ2n) is 4.28. The maximum atomic E-state index is 12.0. The Balaban J connectivity index is 1.97. The van der Waals surface area contributed by atoms with E-state index in [4.69, 9.17) is 29.2 Å². The number of hydrogen-bond donors (Lipinski definition) is 2. The fourth-order valence-corrected chi connectivity index (χ4v) is 3.98. The van der Waals surface area contributed by atoms with Crippen LogP contribution >= 0.6 is 36.2 Å². The monoisotopic (exact) mass is 325 g/mol. The van der Waals surface area contributed by atoms with E-state index in [1.54, 1.807) is 7.11 Å². The summed E-state index contributed by atoms with van der Waals surface area (Å²) >= 11 is 11.8. The third-order valence-electron chi connectivity index (χ3n) is 3.10. The standard InChI is InChI=1S/C12H11N3O2S3/c1-17-7-4-2-3-6(5-7)15-9-8(20-12(15)19)10(16)14-11(18)13-9/h2-5,8-9H,1H3,(H2,13,14,16,18). The minimum Gasteiger partial charge on any atom is -0.497 e. The Labute approximate surface area is 131 Å². The van der Waals surface area contributed by atoms with Crippen LogP contribution < -0.4 is 20.3 Å². The quantitative estimate of drug-likeness (QED) is 0.793. The fourth-order valence-electron chi connectivity index (χ4n) is 2.20. The molecule has 0 aromatic heterocycles. The zero-order chi connectivity index (χ0) is 14.3. The Hall–Kier alpha value is -1.38. The maximum Gasteiger partial charge on any atom is 0.243 e. The number of carbonyl (C=O) groups excluding carboxylic acids is 1. The van der Waals surface area contributed by atoms with E-state index in [9.17, 15) is 4.79 Å². The topological polar surface area (TPSA) is 53.6 Å². The summed E-state index contributed by atoms with van der Waals surface area (Å²) in [7, 11) is 1.61. The second kappa shape index (κ2) is 5.19. The van der Waals surface area contributed by atoms with E-state index in [-0.39, 0.29) is 17.3 Å². The molecular formula is C12H11N3O2S3. The van der Waals surface area contributed by atoms with Crippen molar-refractivity contribution >= 4 is 57.2 Å². The Morgan fingerprint density at radius 3 is 2.95 bits per heavy atom. The van der Waals surface area contributed by atoms with Crippen LogP contribution in [-0.4, -0.2) is 33.9 Å². The molecule has 1 aromatic carbocycles. The lowest BCUT2D eigenvalue weighted by atomic mass is 10.2. The van der Waals surface area contributed by atoms with Gasteiger partial charge in [0.2, 0.25) is 5.91 Å². The number of benzene rings is 1. The number of methoxy groups -OCH3 is 1. The number of anilines is 1. The molecule has 2 heterocycles. The van der Waals surface area contributed by atoms with Crippen molar-refractivity contribution in [3.63, 3.8) is 0 Å². The first kappa shape index (κ1) is 13.6. The summed E-state index contributed by atoms with van der Waals surface area (Å²) in [5, 5.41) is 5.74. The van der Waals surface area contributed by atoms with Crippen LogP contribution in [0.5, 0.6) is 5.75 Å². The van der Waals surface area contributed by atoms with Crippen molar-refractivity contribution in [1.82, 2.24) is 10.6 Å². The number of fused-ring (bicyclic) bond motifs is 1. The molecule has 2 N–H and O–H groups in total.